The monoisotopic (exact) mass is 652 g/mol. The first kappa shape index (κ1) is 27.9. The number of benzene rings is 7. The van der Waals surface area contributed by atoms with Crippen molar-refractivity contribution in [2.24, 2.45) is 0 Å². The van der Waals surface area contributed by atoms with Crippen LogP contribution in [-0.4, -0.2) is 24.1 Å². The van der Waals surface area contributed by atoms with Crippen molar-refractivity contribution < 1.29 is 0 Å². The Morgan fingerprint density at radius 1 is 0.412 bits per heavy atom. The molecule has 10 aromatic rings. The van der Waals surface area contributed by atoms with E-state index in [4.69, 9.17) is 15.0 Å². The second kappa shape index (κ2) is 10.7. The lowest BCUT2D eigenvalue weighted by atomic mass is 10.0. The number of nitrogens with zero attached hydrogens (tertiary/aromatic N) is 5. The van der Waals surface area contributed by atoms with Gasteiger partial charge in [-0.2, -0.15) is 0 Å². The largest absolute Gasteiger partial charge is 0.351 e. The summed E-state index contributed by atoms with van der Waals surface area (Å²) in [5.74, 6) is 1.90. The van der Waals surface area contributed by atoms with E-state index in [1.807, 2.05) is 60.7 Å². The second-order valence-electron chi connectivity index (χ2n) is 12.9. The molecule has 0 atom stereocenters. The summed E-state index contributed by atoms with van der Waals surface area (Å²) in [6.07, 6.45) is 0. The fourth-order valence-corrected chi connectivity index (χ4v) is 7.89. The Balaban J connectivity index is 1.26. The molecule has 0 bridgehead atoms. The molecule has 7 aromatic carbocycles. The predicted molar refractivity (Wildman–Crippen MR) is 208 cm³/mol. The molecule has 1 aliphatic heterocycles. The van der Waals surface area contributed by atoms with Crippen LogP contribution < -0.4 is 5.32 Å². The lowest BCUT2D eigenvalue weighted by Gasteiger charge is -2.24. The Hall–Kier alpha value is -7.05. The van der Waals surface area contributed by atoms with Crippen LogP contribution in [0.2, 0.25) is 0 Å². The highest BCUT2D eigenvalue weighted by atomic mass is 15.1. The molecule has 0 fully saturated rings. The van der Waals surface area contributed by atoms with Crippen LogP contribution in [0.4, 0.5) is 11.4 Å². The maximum absolute atomic E-state index is 5.13. The first-order valence-electron chi connectivity index (χ1n) is 17.1. The van der Waals surface area contributed by atoms with E-state index < -0.39 is 0 Å². The van der Waals surface area contributed by atoms with Crippen LogP contribution >= 0.6 is 0 Å². The van der Waals surface area contributed by atoms with Gasteiger partial charge in [0.1, 0.15) is 0 Å². The van der Waals surface area contributed by atoms with Gasteiger partial charge < -0.3 is 14.5 Å². The van der Waals surface area contributed by atoms with Gasteiger partial charge >= 0.3 is 0 Å². The van der Waals surface area contributed by atoms with E-state index in [-0.39, 0.29) is 0 Å². The SMILES string of the molecule is c1ccc(-c2nc(-c3ccccc3)nc(-c3ccc4c5ccc6c(c7ccccc7n6-c6ccccc6)c5n5c4c3Nc3ccccc3-5)n2)cc1. The van der Waals surface area contributed by atoms with E-state index in [1.54, 1.807) is 0 Å². The highest BCUT2D eigenvalue weighted by Gasteiger charge is 2.28. The first-order valence-corrected chi connectivity index (χ1v) is 17.1. The molecule has 0 spiro atoms. The zero-order valence-corrected chi connectivity index (χ0v) is 27.3. The number of para-hydroxylation sites is 4. The lowest BCUT2D eigenvalue weighted by molar-refractivity contribution is 1.07. The van der Waals surface area contributed by atoms with Gasteiger partial charge in [0.2, 0.25) is 0 Å². The zero-order valence-electron chi connectivity index (χ0n) is 27.3. The molecule has 51 heavy (non-hydrogen) atoms. The van der Waals surface area contributed by atoms with Crippen molar-refractivity contribution in [2.75, 3.05) is 5.32 Å². The Labute approximate surface area is 292 Å². The highest BCUT2D eigenvalue weighted by molar-refractivity contribution is 6.28. The third-order valence-electron chi connectivity index (χ3n) is 10.1. The van der Waals surface area contributed by atoms with E-state index in [1.165, 1.54) is 38.1 Å². The third kappa shape index (κ3) is 4.07. The molecule has 0 aliphatic carbocycles. The van der Waals surface area contributed by atoms with Crippen molar-refractivity contribution in [1.82, 2.24) is 24.1 Å². The molecular weight excluding hydrogens is 625 g/mol. The van der Waals surface area contributed by atoms with E-state index >= 15 is 0 Å². The van der Waals surface area contributed by atoms with Crippen LogP contribution in [0, 0.1) is 0 Å². The minimum atomic E-state index is 0.620. The van der Waals surface area contributed by atoms with Crippen LogP contribution in [0.25, 0.3) is 89.2 Å². The molecule has 0 saturated carbocycles. The highest BCUT2D eigenvalue weighted by Crippen LogP contribution is 2.49. The molecule has 1 N–H and O–H groups in total. The molecule has 0 saturated heterocycles. The number of rotatable bonds is 4. The van der Waals surface area contributed by atoms with Crippen LogP contribution in [0.5, 0.6) is 0 Å². The second-order valence-corrected chi connectivity index (χ2v) is 12.9. The van der Waals surface area contributed by atoms with E-state index in [2.05, 4.69) is 118 Å². The lowest BCUT2D eigenvalue weighted by Crippen LogP contribution is -2.09. The van der Waals surface area contributed by atoms with Crippen molar-refractivity contribution in [3.05, 3.63) is 164 Å². The Kier molecular flexibility index (Phi) is 5.86. The van der Waals surface area contributed by atoms with Gasteiger partial charge in [0.15, 0.2) is 17.5 Å². The number of hydrogen-bond acceptors (Lipinski definition) is 4. The van der Waals surface area contributed by atoms with Gasteiger partial charge in [0, 0.05) is 43.9 Å². The van der Waals surface area contributed by atoms with Gasteiger partial charge in [-0.05, 0) is 42.5 Å². The molecule has 6 nitrogen and oxygen atoms in total. The number of aromatic nitrogens is 5. The number of nitrogens with one attached hydrogen (secondary N) is 1. The quantitative estimate of drug-likeness (QED) is 0.206. The van der Waals surface area contributed by atoms with Gasteiger partial charge in [0.05, 0.1) is 39.1 Å². The van der Waals surface area contributed by atoms with Crippen molar-refractivity contribution in [1.29, 1.82) is 0 Å². The molecule has 0 unspecified atom stereocenters. The Morgan fingerprint density at radius 3 is 1.75 bits per heavy atom. The van der Waals surface area contributed by atoms with Crippen molar-refractivity contribution in [2.45, 2.75) is 0 Å². The fourth-order valence-electron chi connectivity index (χ4n) is 7.89. The molecule has 11 rings (SSSR count). The van der Waals surface area contributed by atoms with Gasteiger partial charge in [0.25, 0.3) is 0 Å². The first-order chi connectivity index (χ1) is 25.3. The molecule has 238 valence electrons. The van der Waals surface area contributed by atoms with Gasteiger partial charge in [-0.3, -0.25) is 0 Å². The molecule has 4 heterocycles. The maximum atomic E-state index is 5.13. The molecule has 0 amide bonds. The zero-order chi connectivity index (χ0) is 33.5. The third-order valence-corrected chi connectivity index (χ3v) is 10.1. The van der Waals surface area contributed by atoms with Crippen LogP contribution in [-0.2, 0) is 0 Å². The van der Waals surface area contributed by atoms with Crippen LogP contribution in [0.15, 0.2) is 164 Å². The van der Waals surface area contributed by atoms with Crippen molar-refractivity contribution in [3.63, 3.8) is 0 Å². The van der Waals surface area contributed by atoms with Gasteiger partial charge in [-0.15, -0.1) is 0 Å². The average Bonchev–Trinajstić information content (AvgIpc) is 3.73. The summed E-state index contributed by atoms with van der Waals surface area (Å²) in [6, 6.07) is 57.2. The Morgan fingerprint density at radius 2 is 1.00 bits per heavy atom. The smallest absolute Gasteiger partial charge is 0.166 e. The summed E-state index contributed by atoms with van der Waals surface area (Å²) in [5.41, 5.74) is 11.7. The van der Waals surface area contributed by atoms with Gasteiger partial charge in [-0.1, -0.05) is 121 Å². The van der Waals surface area contributed by atoms with Crippen LogP contribution in [0.1, 0.15) is 0 Å². The number of anilines is 2. The van der Waals surface area contributed by atoms with Crippen LogP contribution in [0.3, 0.4) is 0 Å². The topological polar surface area (TPSA) is 60.6 Å². The predicted octanol–water partition coefficient (Wildman–Crippen LogP) is 11.1. The molecule has 6 heteroatoms. The summed E-state index contributed by atoms with van der Waals surface area (Å²) < 4.78 is 4.84. The standard InChI is InChI=1S/C45H28N6/c1-4-14-28(15-5-1)43-47-44(29-16-6-2-7-17-29)49-45(48-43)34-25-24-32-31-26-27-38-39(33-20-10-12-22-36(33)50(38)30-18-8-3-9-19-30)41(31)51-37-23-13-11-21-35(37)46-40(34)42(32)51/h1-27,46H. The molecular formula is C45H28N6. The van der Waals surface area contributed by atoms with E-state index in [0.29, 0.717) is 17.5 Å². The summed E-state index contributed by atoms with van der Waals surface area (Å²) in [7, 11) is 0. The Bertz CT molecular complexity index is 2920. The van der Waals surface area contributed by atoms with E-state index in [9.17, 15) is 0 Å². The number of fused-ring (bicyclic) bond motifs is 9. The summed E-state index contributed by atoms with van der Waals surface area (Å²) >= 11 is 0. The van der Waals surface area contributed by atoms with Crippen molar-refractivity contribution in [3.8, 4) is 45.5 Å². The normalized spacial score (nSPS) is 12.1. The molecule has 0 radical (unpaired) electrons. The minimum absolute atomic E-state index is 0.620. The van der Waals surface area contributed by atoms with Crippen molar-refractivity contribution >= 4 is 55.0 Å². The summed E-state index contributed by atoms with van der Waals surface area (Å²) in [5, 5.41) is 8.66. The van der Waals surface area contributed by atoms with E-state index in [0.717, 1.165) is 45.0 Å². The fraction of sp³-hybridized carbons (Fsp3) is 0. The molecule has 3 aromatic heterocycles. The van der Waals surface area contributed by atoms with Gasteiger partial charge in [-0.25, -0.2) is 15.0 Å². The number of hydrogen-bond donors (Lipinski definition) is 1. The maximum Gasteiger partial charge on any atom is 0.166 e. The average molecular weight is 653 g/mol. The summed E-state index contributed by atoms with van der Waals surface area (Å²) in [4.78, 5) is 15.2. The minimum Gasteiger partial charge on any atom is -0.351 e. The molecule has 1 aliphatic rings. The summed E-state index contributed by atoms with van der Waals surface area (Å²) in [6.45, 7) is 0.